The van der Waals surface area contributed by atoms with Crippen LogP contribution in [0.3, 0.4) is 0 Å². The van der Waals surface area contributed by atoms with Gasteiger partial charge in [-0.1, -0.05) is 32.0 Å². The number of aromatic nitrogens is 1. The van der Waals surface area contributed by atoms with Crippen LogP contribution in [0.15, 0.2) is 36.5 Å². The van der Waals surface area contributed by atoms with Crippen LogP contribution in [-0.2, 0) is 15.1 Å². The summed E-state index contributed by atoms with van der Waals surface area (Å²) < 4.78 is 5.36. The fraction of sp³-hybridized carbons (Fsp3) is 0.500. The second kappa shape index (κ2) is 9.45. The van der Waals surface area contributed by atoms with Gasteiger partial charge in [-0.2, -0.15) is 0 Å². The van der Waals surface area contributed by atoms with Gasteiger partial charge in [0.25, 0.3) is 11.8 Å². The summed E-state index contributed by atoms with van der Waals surface area (Å²) in [5, 5.41) is 5.19. The van der Waals surface area contributed by atoms with Crippen LogP contribution in [0.4, 0.5) is 10.6 Å². The largest absolute Gasteiger partial charge is 0.384 e. The van der Waals surface area contributed by atoms with Crippen LogP contribution < -0.4 is 15.5 Å². The third-order valence-electron chi connectivity index (χ3n) is 7.94. The molecule has 2 saturated heterocycles. The van der Waals surface area contributed by atoms with Gasteiger partial charge >= 0.3 is 6.03 Å². The molecule has 3 aliphatic rings. The number of aryl methyl sites for hydroxylation is 1. The SMILES string of the molecule is COCC(C)(C)C1(c2ccc(C(=O)N3CCN(c4ncc(C5CC5)cc4C)CC3)cc2)NC(=O)NC1=O. The molecule has 2 N–H and O–H groups in total. The highest BCUT2D eigenvalue weighted by molar-refractivity contribution is 6.08. The first-order chi connectivity index (χ1) is 17.7. The Morgan fingerprint density at radius 3 is 2.35 bits per heavy atom. The normalized spacial score (nSPS) is 22.2. The van der Waals surface area contributed by atoms with E-state index in [0.717, 1.165) is 18.9 Å². The Bertz CT molecular complexity index is 1220. The Balaban J connectivity index is 1.28. The molecule has 4 amide bonds. The maximum Gasteiger partial charge on any atom is 0.322 e. The average Bonchev–Trinajstić information content (AvgIpc) is 3.68. The van der Waals surface area contributed by atoms with Gasteiger partial charge in [-0.3, -0.25) is 14.9 Å². The topological polar surface area (TPSA) is 104 Å². The molecule has 3 heterocycles. The fourth-order valence-corrected chi connectivity index (χ4v) is 5.72. The van der Waals surface area contributed by atoms with Crippen molar-refractivity contribution >= 4 is 23.7 Å². The van der Waals surface area contributed by atoms with E-state index in [1.807, 2.05) is 24.9 Å². The summed E-state index contributed by atoms with van der Waals surface area (Å²) in [5.74, 6) is 1.21. The van der Waals surface area contributed by atoms with E-state index in [2.05, 4.69) is 28.5 Å². The number of anilines is 1. The number of methoxy groups -OCH3 is 1. The molecule has 9 heteroatoms. The second-order valence-electron chi connectivity index (χ2n) is 11.0. The van der Waals surface area contributed by atoms with E-state index in [-0.39, 0.29) is 12.5 Å². The number of piperazine rings is 1. The highest BCUT2D eigenvalue weighted by atomic mass is 16.5. The van der Waals surface area contributed by atoms with Gasteiger partial charge in [0.05, 0.1) is 6.61 Å². The van der Waals surface area contributed by atoms with Crippen LogP contribution in [0.2, 0.25) is 0 Å². The van der Waals surface area contributed by atoms with E-state index in [1.54, 1.807) is 31.4 Å². The average molecular weight is 506 g/mol. The van der Waals surface area contributed by atoms with Gasteiger partial charge in [0, 0.05) is 50.5 Å². The molecule has 5 rings (SSSR count). The molecule has 196 valence electrons. The number of imide groups is 1. The van der Waals surface area contributed by atoms with Gasteiger partial charge in [0.1, 0.15) is 5.82 Å². The van der Waals surface area contributed by atoms with Crippen molar-refractivity contribution in [1.82, 2.24) is 20.5 Å². The molecule has 1 aliphatic carbocycles. The smallest absolute Gasteiger partial charge is 0.322 e. The molecular formula is C28H35N5O4. The molecule has 37 heavy (non-hydrogen) atoms. The molecule has 1 saturated carbocycles. The molecule has 1 unspecified atom stereocenters. The summed E-state index contributed by atoms with van der Waals surface area (Å²) in [7, 11) is 1.56. The lowest BCUT2D eigenvalue weighted by Crippen LogP contribution is -2.56. The number of carbonyl (C=O) groups excluding carboxylic acids is 3. The van der Waals surface area contributed by atoms with Gasteiger partial charge in [0.15, 0.2) is 5.54 Å². The molecule has 9 nitrogen and oxygen atoms in total. The van der Waals surface area contributed by atoms with Crippen molar-refractivity contribution in [3.05, 3.63) is 58.8 Å². The number of benzene rings is 1. The molecule has 1 aromatic heterocycles. The molecule has 0 spiro atoms. The molecule has 0 radical (unpaired) electrons. The summed E-state index contributed by atoms with van der Waals surface area (Å²) in [4.78, 5) is 47.2. The first kappa shape index (κ1) is 25.2. The van der Waals surface area contributed by atoms with E-state index in [0.29, 0.717) is 30.1 Å². The summed E-state index contributed by atoms with van der Waals surface area (Å²) in [6, 6.07) is 8.68. The number of amides is 4. The minimum atomic E-state index is -1.30. The van der Waals surface area contributed by atoms with Gasteiger partial charge in [0.2, 0.25) is 0 Å². The monoisotopic (exact) mass is 505 g/mol. The summed E-state index contributed by atoms with van der Waals surface area (Å²) in [6.45, 7) is 8.77. The van der Waals surface area contributed by atoms with E-state index in [1.165, 1.54) is 24.0 Å². The van der Waals surface area contributed by atoms with Crippen LogP contribution in [0.25, 0.3) is 0 Å². The zero-order valence-corrected chi connectivity index (χ0v) is 22.0. The van der Waals surface area contributed by atoms with Gasteiger partial charge < -0.3 is 19.9 Å². The maximum absolute atomic E-state index is 13.3. The van der Waals surface area contributed by atoms with Crippen LogP contribution >= 0.6 is 0 Å². The van der Waals surface area contributed by atoms with E-state index >= 15 is 0 Å². The Morgan fingerprint density at radius 2 is 1.81 bits per heavy atom. The molecule has 0 bridgehead atoms. The van der Waals surface area contributed by atoms with Crippen molar-refractivity contribution in [2.24, 2.45) is 5.41 Å². The van der Waals surface area contributed by atoms with Gasteiger partial charge in [-0.25, -0.2) is 9.78 Å². The lowest BCUT2D eigenvalue weighted by Gasteiger charge is -2.41. The lowest BCUT2D eigenvalue weighted by molar-refractivity contribution is -0.130. The molecule has 2 aromatic rings. The van der Waals surface area contributed by atoms with Gasteiger partial charge in [-0.05, 0) is 54.5 Å². The van der Waals surface area contributed by atoms with Crippen LogP contribution in [0, 0.1) is 12.3 Å². The predicted molar refractivity (Wildman–Crippen MR) is 140 cm³/mol. The van der Waals surface area contributed by atoms with Crippen molar-refractivity contribution in [3.8, 4) is 0 Å². The minimum Gasteiger partial charge on any atom is -0.384 e. The Labute approximate surface area is 217 Å². The summed E-state index contributed by atoms with van der Waals surface area (Å²) in [6.07, 6.45) is 4.53. The van der Waals surface area contributed by atoms with Gasteiger partial charge in [-0.15, -0.1) is 0 Å². The lowest BCUT2D eigenvalue weighted by atomic mass is 9.68. The third kappa shape index (κ3) is 4.45. The highest BCUT2D eigenvalue weighted by Crippen LogP contribution is 2.43. The molecule has 1 atom stereocenters. The number of nitrogens with zero attached hydrogens (tertiary/aromatic N) is 3. The van der Waals surface area contributed by atoms with E-state index < -0.39 is 22.9 Å². The maximum atomic E-state index is 13.3. The molecule has 2 aliphatic heterocycles. The third-order valence-corrected chi connectivity index (χ3v) is 7.94. The van der Waals surface area contributed by atoms with E-state index in [4.69, 9.17) is 9.72 Å². The number of rotatable bonds is 7. The van der Waals surface area contributed by atoms with Crippen molar-refractivity contribution in [1.29, 1.82) is 0 Å². The minimum absolute atomic E-state index is 0.0509. The first-order valence-corrected chi connectivity index (χ1v) is 12.9. The highest BCUT2D eigenvalue weighted by Gasteiger charge is 2.57. The summed E-state index contributed by atoms with van der Waals surface area (Å²) in [5.41, 5.74) is 1.64. The fourth-order valence-electron chi connectivity index (χ4n) is 5.72. The zero-order valence-electron chi connectivity index (χ0n) is 22.0. The van der Waals surface area contributed by atoms with Crippen molar-refractivity contribution in [3.63, 3.8) is 0 Å². The predicted octanol–water partition coefficient (Wildman–Crippen LogP) is 2.94. The Hall–Kier alpha value is -3.46. The molecule has 3 fully saturated rings. The number of ether oxygens (including phenoxy) is 1. The Morgan fingerprint density at radius 1 is 1.14 bits per heavy atom. The number of nitrogens with one attached hydrogen (secondary N) is 2. The van der Waals surface area contributed by atoms with E-state index in [9.17, 15) is 14.4 Å². The number of pyridine rings is 1. The zero-order chi connectivity index (χ0) is 26.4. The number of hydrogen-bond acceptors (Lipinski definition) is 6. The standard InChI is InChI=1S/C28H35N5O4/c1-18-15-21(19-5-6-19)16-29-23(18)32-11-13-33(14-12-32)24(34)20-7-9-22(10-8-20)28(27(2,3)17-37-4)25(35)30-26(36)31-28/h7-10,15-16,19H,5-6,11-14,17H2,1-4H3,(H2,30,31,35,36). The quantitative estimate of drug-likeness (QED) is 0.561. The van der Waals surface area contributed by atoms with Crippen LogP contribution in [0.5, 0.6) is 0 Å². The summed E-state index contributed by atoms with van der Waals surface area (Å²) >= 11 is 0. The first-order valence-electron chi connectivity index (χ1n) is 12.9. The Kier molecular flexibility index (Phi) is 6.43. The van der Waals surface area contributed by atoms with Crippen molar-refractivity contribution in [2.45, 2.75) is 45.1 Å². The number of urea groups is 1. The van der Waals surface area contributed by atoms with Crippen molar-refractivity contribution < 1.29 is 19.1 Å². The van der Waals surface area contributed by atoms with Crippen molar-refractivity contribution in [2.75, 3.05) is 44.8 Å². The molecular weight excluding hydrogens is 470 g/mol. The number of carbonyl (C=O) groups is 3. The second-order valence-corrected chi connectivity index (χ2v) is 11.0. The van der Waals surface area contributed by atoms with Crippen LogP contribution in [0.1, 0.15) is 59.7 Å². The number of hydrogen-bond donors (Lipinski definition) is 2. The van der Waals surface area contributed by atoms with Crippen LogP contribution in [-0.4, -0.2) is 67.6 Å². The molecule has 1 aromatic carbocycles.